The Hall–Kier alpha value is -0.810. The highest BCUT2D eigenvalue weighted by Gasteiger charge is 2.45. The number of nitrogens with one attached hydrogen (secondary N) is 1. The summed E-state index contributed by atoms with van der Waals surface area (Å²) in [4.78, 5) is 14.3. The maximum absolute atomic E-state index is 11.9. The molecule has 0 aromatic heterocycles. The molecule has 3 N–H and O–H groups in total. The van der Waals surface area contributed by atoms with E-state index >= 15 is 0 Å². The van der Waals surface area contributed by atoms with Crippen molar-refractivity contribution in [2.45, 2.75) is 45.3 Å². The highest BCUT2D eigenvalue weighted by atomic mass is 35.5. The summed E-state index contributed by atoms with van der Waals surface area (Å²) in [6.45, 7) is 7.88. The second kappa shape index (κ2) is 9.36. The molecule has 1 saturated carbocycles. The molecule has 0 aliphatic heterocycles. The van der Waals surface area contributed by atoms with Crippen LogP contribution >= 0.6 is 24.8 Å². The van der Waals surface area contributed by atoms with E-state index in [4.69, 9.17) is 5.73 Å². The van der Waals surface area contributed by atoms with Crippen molar-refractivity contribution in [1.82, 2.24) is 10.2 Å². The molecule has 6 heteroatoms. The van der Waals surface area contributed by atoms with Gasteiger partial charge in [-0.25, -0.2) is 0 Å². The Labute approximate surface area is 145 Å². The van der Waals surface area contributed by atoms with Crippen molar-refractivity contribution in [2.75, 3.05) is 13.1 Å². The second-order valence-corrected chi connectivity index (χ2v) is 5.57. The second-order valence-electron chi connectivity index (χ2n) is 5.57. The first-order chi connectivity index (χ1) is 9.59. The number of rotatable bonds is 7. The maximum atomic E-state index is 11.9. The zero-order chi connectivity index (χ0) is 14.6. The third-order valence-corrected chi connectivity index (χ3v) is 4.09. The van der Waals surface area contributed by atoms with Gasteiger partial charge < -0.3 is 11.1 Å². The van der Waals surface area contributed by atoms with Gasteiger partial charge in [0.1, 0.15) is 0 Å². The number of carbonyl (C=O) groups excluding carboxylic acids is 1. The molecule has 4 nitrogen and oxygen atoms in total. The van der Waals surface area contributed by atoms with Crippen LogP contribution in [0.3, 0.4) is 0 Å². The summed E-state index contributed by atoms with van der Waals surface area (Å²) >= 11 is 0. The zero-order valence-electron chi connectivity index (χ0n) is 13.3. The summed E-state index contributed by atoms with van der Waals surface area (Å²) in [5.74, 6) is -0.0184. The largest absolute Gasteiger partial charge is 0.350 e. The monoisotopic (exact) mass is 347 g/mol. The van der Waals surface area contributed by atoms with Crippen LogP contribution in [0.2, 0.25) is 0 Å². The average Bonchev–Trinajstić information content (AvgIpc) is 3.22. The molecule has 22 heavy (non-hydrogen) atoms. The number of benzene rings is 1. The third-order valence-electron chi connectivity index (χ3n) is 4.09. The number of nitrogens with zero attached hydrogens (tertiary/aromatic N) is 1. The third kappa shape index (κ3) is 5.43. The molecule has 1 aromatic carbocycles. The number of hydrogen-bond donors (Lipinski definition) is 2. The summed E-state index contributed by atoms with van der Waals surface area (Å²) in [6.07, 6.45) is 1.61. The molecule has 1 aromatic rings. The van der Waals surface area contributed by atoms with E-state index in [1.54, 1.807) is 0 Å². The topological polar surface area (TPSA) is 58.4 Å². The summed E-state index contributed by atoms with van der Waals surface area (Å²) in [5, 5.41) is 2.97. The Bertz CT molecular complexity index is 474. The lowest BCUT2D eigenvalue weighted by molar-refractivity contribution is -0.123. The van der Waals surface area contributed by atoms with Gasteiger partial charge in [0.05, 0.1) is 5.54 Å². The van der Waals surface area contributed by atoms with E-state index in [0.717, 1.165) is 32.5 Å². The number of amides is 1. The molecule has 1 aliphatic rings. The Morgan fingerprint density at radius 1 is 1.18 bits per heavy atom. The smallest absolute Gasteiger partial charge is 0.240 e. The lowest BCUT2D eigenvalue weighted by Gasteiger charge is -2.20. The number of carbonyl (C=O) groups is 1. The fourth-order valence-electron chi connectivity index (χ4n) is 2.29. The highest BCUT2D eigenvalue weighted by molar-refractivity contribution is 5.88. The van der Waals surface area contributed by atoms with Crippen LogP contribution in [0.1, 0.15) is 37.8 Å². The predicted molar refractivity (Wildman–Crippen MR) is 95.6 cm³/mol. The van der Waals surface area contributed by atoms with Crippen molar-refractivity contribution in [1.29, 1.82) is 0 Å². The molecule has 0 radical (unpaired) electrons. The van der Waals surface area contributed by atoms with Gasteiger partial charge >= 0.3 is 0 Å². The van der Waals surface area contributed by atoms with Crippen molar-refractivity contribution in [3.05, 3.63) is 35.4 Å². The van der Waals surface area contributed by atoms with Crippen LogP contribution in [0.5, 0.6) is 0 Å². The van der Waals surface area contributed by atoms with Gasteiger partial charge in [-0.15, -0.1) is 24.8 Å². The Balaban J connectivity index is 0.00000220. The number of hydrogen-bond acceptors (Lipinski definition) is 3. The van der Waals surface area contributed by atoms with Crippen LogP contribution in [0.25, 0.3) is 0 Å². The first-order valence-corrected chi connectivity index (χ1v) is 7.45. The number of nitrogens with two attached hydrogens (primary N) is 1. The van der Waals surface area contributed by atoms with Crippen LogP contribution in [0, 0.1) is 0 Å². The summed E-state index contributed by atoms with van der Waals surface area (Å²) < 4.78 is 0. The summed E-state index contributed by atoms with van der Waals surface area (Å²) in [7, 11) is 0. The predicted octanol–water partition coefficient (Wildman–Crippen LogP) is 2.48. The summed E-state index contributed by atoms with van der Waals surface area (Å²) in [5.41, 5.74) is 7.76. The van der Waals surface area contributed by atoms with Crippen LogP contribution < -0.4 is 11.1 Å². The highest BCUT2D eigenvalue weighted by Crippen LogP contribution is 2.32. The lowest BCUT2D eigenvalue weighted by Crippen LogP contribution is -2.42. The van der Waals surface area contributed by atoms with Gasteiger partial charge in [0, 0.05) is 13.1 Å². The van der Waals surface area contributed by atoms with Crippen molar-refractivity contribution in [3.8, 4) is 0 Å². The molecule has 0 spiro atoms. The van der Waals surface area contributed by atoms with E-state index in [-0.39, 0.29) is 30.7 Å². The minimum atomic E-state index is -0.589. The van der Waals surface area contributed by atoms with Crippen molar-refractivity contribution in [3.63, 3.8) is 0 Å². The normalized spacial score (nSPS) is 14.7. The molecule has 1 fully saturated rings. The van der Waals surface area contributed by atoms with E-state index < -0.39 is 5.54 Å². The fourth-order valence-corrected chi connectivity index (χ4v) is 2.29. The van der Waals surface area contributed by atoms with Crippen LogP contribution in [0.4, 0.5) is 0 Å². The Morgan fingerprint density at radius 3 is 2.23 bits per heavy atom. The van der Waals surface area contributed by atoms with Crippen LogP contribution in [0.15, 0.2) is 24.3 Å². The molecular formula is C16H27Cl2N3O. The standard InChI is InChI=1S/C16H25N3O.2ClH/c1-3-19(4-2)12-14-8-6-5-7-13(14)11-18-15(20)16(17)9-10-16;;/h5-8H,3-4,9-12,17H2,1-2H3,(H,18,20);2*1H. The fraction of sp³-hybridized carbons (Fsp3) is 0.562. The van der Waals surface area contributed by atoms with Crippen molar-refractivity contribution < 1.29 is 4.79 Å². The van der Waals surface area contributed by atoms with E-state index in [0.29, 0.717) is 6.54 Å². The molecule has 126 valence electrons. The van der Waals surface area contributed by atoms with Gasteiger partial charge in [-0.05, 0) is 37.1 Å². The Kier molecular flexibility index (Phi) is 9.01. The van der Waals surface area contributed by atoms with Gasteiger partial charge in [-0.1, -0.05) is 38.1 Å². The van der Waals surface area contributed by atoms with Crippen molar-refractivity contribution >= 4 is 30.7 Å². The minimum Gasteiger partial charge on any atom is -0.350 e. The molecule has 1 aliphatic carbocycles. The zero-order valence-corrected chi connectivity index (χ0v) is 14.9. The molecule has 0 atom stereocenters. The van der Waals surface area contributed by atoms with Crippen LogP contribution in [-0.4, -0.2) is 29.4 Å². The molecular weight excluding hydrogens is 321 g/mol. The van der Waals surface area contributed by atoms with Crippen LogP contribution in [-0.2, 0) is 17.9 Å². The first-order valence-electron chi connectivity index (χ1n) is 7.45. The van der Waals surface area contributed by atoms with E-state index in [1.807, 2.05) is 6.07 Å². The quantitative estimate of drug-likeness (QED) is 0.796. The van der Waals surface area contributed by atoms with Gasteiger partial charge in [-0.3, -0.25) is 9.69 Å². The van der Waals surface area contributed by atoms with E-state index in [9.17, 15) is 4.79 Å². The number of halogens is 2. The SMILES string of the molecule is CCN(CC)Cc1ccccc1CNC(=O)C1(N)CC1.Cl.Cl. The lowest BCUT2D eigenvalue weighted by atomic mass is 10.1. The molecule has 2 rings (SSSR count). The molecule has 0 unspecified atom stereocenters. The molecule has 0 bridgehead atoms. The first kappa shape index (κ1) is 21.2. The average molecular weight is 348 g/mol. The van der Waals surface area contributed by atoms with Gasteiger partial charge in [0.25, 0.3) is 0 Å². The van der Waals surface area contributed by atoms with Gasteiger partial charge in [-0.2, -0.15) is 0 Å². The minimum absolute atomic E-state index is 0. The van der Waals surface area contributed by atoms with Gasteiger partial charge in [0.15, 0.2) is 0 Å². The molecule has 1 amide bonds. The van der Waals surface area contributed by atoms with Crippen molar-refractivity contribution in [2.24, 2.45) is 5.73 Å². The van der Waals surface area contributed by atoms with E-state index in [1.165, 1.54) is 11.1 Å². The van der Waals surface area contributed by atoms with E-state index in [2.05, 4.69) is 42.3 Å². The summed E-state index contributed by atoms with van der Waals surface area (Å²) in [6, 6.07) is 8.28. The molecule has 0 saturated heterocycles. The Morgan fingerprint density at radius 2 is 1.73 bits per heavy atom. The van der Waals surface area contributed by atoms with Gasteiger partial charge in [0.2, 0.25) is 5.91 Å². The maximum Gasteiger partial charge on any atom is 0.240 e. The molecule has 0 heterocycles.